The molecule has 0 atom stereocenters. The van der Waals surface area contributed by atoms with Crippen molar-refractivity contribution in [1.29, 1.82) is 0 Å². The average Bonchev–Trinajstić information content (AvgIpc) is 2.63. The summed E-state index contributed by atoms with van der Waals surface area (Å²) in [4.78, 5) is 23.6. The second-order valence-corrected chi connectivity index (χ2v) is 5.53. The molecular formula is C17H21N5O. The fraction of sp³-hybridized carbons (Fsp3) is 0.353. The van der Waals surface area contributed by atoms with Crippen molar-refractivity contribution in [3.05, 3.63) is 48.2 Å². The van der Waals surface area contributed by atoms with Gasteiger partial charge in [-0.3, -0.25) is 4.79 Å². The van der Waals surface area contributed by atoms with Gasteiger partial charge in [0.25, 0.3) is 0 Å². The number of anilines is 2. The molecule has 0 radical (unpaired) electrons. The Morgan fingerprint density at radius 3 is 2.61 bits per heavy atom. The van der Waals surface area contributed by atoms with Crippen LogP contribution in [0.1, 0.15) is 5.56 Å². The molecular weight excluding hydrogens is 290 g/mol. The number of nitrogens with one attached hydrogen (secondary N) is 1. The van der Waals surface area contributed by atoms with E-state index in [-0.39, 0.29) is 0 Å². The van der Waals surface area contributed by atoms with Gasteiger partial charge in [0.2, 0.25) is 12.4 Å². The van der Waals surface area contributed by atoms with E-state index in [1.807, 2.05) is 12.1 Å². The number of aromatic nitrogens is 2. The van der Waals surface area contributed by atoms with Crippen molar-refractivity contribution in [2.75, 3.05) is 42.9 Å². The van der Waals surface area contributed by atoms with E-state index in [0.717, 1.165) is 57.3 Å². The summed E-state index contributed by atoms with van der Waals surface area (Å²) in [5.41, 5.74) is 1.30. The van der Waals surface area contributed by atoms with Crippen LogP contribution in [0.2, 0.25) is 0 Å². The Morgan fingerprint density at radius 2 is 1.87 bits per heavy atom. The van der Waals surface area contributed by atoms with Crippen molar-refractivity contribution in [2.45, 2.75) is 6.42 Å². The van der Waals surface area contributed by atoms with Crippen molar-refractivity contribution in [1.82, 2.24) is 14.9 Å². The van der Waals surface area contributed by atoms with Gasteiger partial charge in [0.05, 0.1) is 0 Å². The van der Waals surface area contributed by atoms with Crippen molar-refractivity contribution in [3.8, 4) is 0 Å². The lowest BCUT2D eigenvalue weighted by Crippen LogP contribution is -2.46. The highest BCUT2D eigenvalue weighted by molar-refractivity contribution is 5.49. The van der Waals surface area contributed by atoms with E-state index in [1.54, 1.807) is 11.1 Å². The number of piperazine rings is 1. The lowest BCUT2D eigenvalue weighted by atomic mass is 10.1. The molecule has 1 N–H and O–H groups in total. The fourth-order valence-corrected chi connectivity index (χ4v) is 2.61. The molecule has 0 aliphatic carbocycles. The van der Waals surface area contributed by atoms with Crippen LogP contribution in [0, 0.1) is 0 Å². The topological polar surface area (TPSA) is 61.4 Å². The Labute approximate surface area is 136 Å². The molecule has 1 saturated heterocycles. The fourth-order valence-electron chi connectivity index (χ4n) is 2.61. The van der Waals surface area contributed by atoms with E-state index < -0.39 is 0 Å². The smallest absolute Gasteiger partial charge is 0.227 e. The molecule has 1 amide bonds. The van der Waals surface area contributed by atoms with Gasteiger partial charge in [0, 0.05) is 38.9 Å². The van der Waals surface area contributed by atoms with Crippen molar-refractivity contribution >= 4 is 18.2 Å². The van der Waals surface area contributed by atoms with Gasteiger partial charge in [-0.05, 0) is 18.1 Å². The van der Waals surface area contributed by atoms with Gasteiger partial charge in [0.1, 0.15) is 5.82 Å². The van der Waals surface area contributed by atoms with Gasteiger partial charge >= 0.3 is 0 Å². The monoisotopic (exact) mass is 311 g/mol. The van der Waals surface area contributed by atoms with Crippen LogP contribution in [0.25, 0.3) is 0 Å². The van der Waals surface area contributed by atoms with Gasteiger partial charge < -0.3 is 15.1 Å². The van der Waals surface area contributed by atoms with Gasteiger partial charge in [-0.1, -0.05) is 30.3 Å². The molecule has 120 valence electrons. The zero-order valence-electron chi connectivity index (χ0n) is 13.1. The molecule has 3 rings (SSSR count). The third-order valence-electron chi connectivity index (χ3n) is 3.95. The van der Waals surface area contributed by atoms with Crippen LogP contribution in [0.15, 0.2) is 42.6 Å². The van der Waals surface area contributed by atoms with Crippen LogP contribution in [-0.4, -0.2) is 54.0 Å². The van der Waals surface area contributed by atoms with Crippen molar-refractivity contribution in [3.63, 3.8) is 0 Å². The predicted molar refractivity (Wildman–Crippen MR) is 90.5 cm³/mol. The first-order valence-electron chi connectivity index (χ1n) is 7.90. The average molecular weight is 311 g/mol. The molecule has 1 aliphatic rings. The number of benzene rings is 1. The molecule has 6 heteroatoms. The molecule has 1 fully saturated rings. The zero-order chi connectivity index (χ0) is 15.9. The molecule has 2 aromatic rings. The summed E-state index contributed by atoms with van der Waals surface area (Å²) in [7, 11) is 0. The molecule has 23 heavy (non-hydrogen) atoms. The molecule has 2 heterocycles. The van der Waals surface area contributed by atoms with E-state index in [0.29, 0.717) is 0 Å². The van der Waals surface area contributed by atoms with E-state index in [9.17, 15) is 4.79 Å². The largest absolute Gasteiger partial charge is 0.370 e. The summed E-state index contributed by atoms with van der Waals surface area (Å²) in [5.74, 6) is 1.56. The Hall–Kier alpha value is -2.63. The molecule has 1 aromatic carbocycles. The highest BCUT2D eigenvalue weighted by atomic mass is 16.1. The minimum Gasteiger partial charge on any atom is -0.370 e. The minimum atomic E-state index is 0.721. The van der Waals surface area contributed by atoms with Crippen LogP contribution in [0.3, 0.4) is 0 Å². The first-order valence-corrected chi connectivity index (χ1v) is 7.90. The summed E-state index contributed by atoms with van der Waals surface area (Å²) >= 11 is 0. The molecule has 1 aromatic heterocycles. The lowest BCUT2D eigenvalue weighted by Gasteiger charge is -2.32. The minimum absolute atomic E-state index is 0.721. The number of nitrogens with zero attached hydrogens (tertiary/aromatic N) is 4. The number of amides is 1. The number of carbonyl (C=O) groups is 1. The first-order chi connectivity index (χ1) is 11.3. The Kier molecular flexibility index (Phi) is 5.03. The number of carbonyl (C=O) groups excluding carboxylic acids is 1. The molecule has 0 spiro atoms. The Bertz CT molecular complexity index is 626. The number of hydrogen-bond donors (Lipinski definition) is 1. The maximum Gasteiger partial charge on any atom is 0.227 e. The van der Waals surface area contributed by atoms with E-state index in [4.69, 9.17) is 0 Å². The second-order valence-electron chi connectivity index (χ2n) is 5.53. The van der Waals surface area contributed by atoms with Crippen LogP contribution in [-0.2, 0) is 11.2 Å². The number of hydrogen-bond acceptors (Lipinski definition) is 5. The number of rotatable bonds is 6. The van der Waals surface area contributed by atoms with Gasteiger partial charge in [0.15, 0.2) is 0 Å². The van der Waals surface area contributed by atoms with Gasteiger partial charge in [-0.15, -0.1) is 0 Å². The van der Waals surface area contributed by atoms with Crippen LogP contribution in [0.4, 0.5) is 11.8 Å². The van der Waals surface area contributed by atoms with Crippen molar-refractivity contribution < 1.29 is 4.79 Å². The molecule has 0 saturated carbocycles. The predicted octanol–water partition coefficient (Wildman–Crippen LogP) is 1.41. The van der Waals surface area contributed by atoms with Crippen LogP contribution in [0.5, 0.6) is 0 Å². The Balaban J connectivity index is 1.54. The lowest BCUT2D eigenvalue weighted by molar-refractivity contribution is -0.118. The van der Waals surface area contributed by atoms with E-state index >= 15 is 0 Å². The summed E-state index contributed by atoms with van der Waals surface area (Å²) < 4.78 is 0. The Morgan fingerprint density at radius 1 is 1.09 bits per heavy atom. The summed E-state index contributed by atoms with van der Waals surface area (Å²) in [6.07, 6.45) is 3.64. The quantitative estimate of drug-likeness (QED) is 0.817. The highest BCUT2D eigenvalue weighted by Gasteiger charge is 2.17. The molecule has 0 unspecified atom stereocenters. The summed E-state index contributed by atoms with van der Waals surface area (Å²) in [6.45, 7) is 3.81. The zero-order valence-corrected chi connectivity index (χ0v) is 13.1. The second kappa shape index (κ2) is 7.58. The normalized spacial score (nSPS) is 14.6. The summed E-state index contributed by atoms with van der Waals surface area (Å²) in [5, 5.41) is 3.35. The van der Waals surface area contributed by atoms with E-state index in [2.05, 4.69) is 44.5 Å². The van der Waals surface area contributed by atoms with Crippen LogP contribution >= 0.6 is 0 Å². The maximum atomic E-state index is 10.8. The standard InChI is InChI=1S/C17H21N5O/c23-14-21-10-12-22(13-11-21)17-19-9-7-16(20-17)18-8-6-15-4-2-1-3-5-15/h1-5,7,9,14H,6,8,10-13H2,(H,18,19,20). The van der Waals surface area contributed by atoms with Crippen molar-refractivity contribution in [2.24, 2.45) is 0 Å². The SMILES string of the molecule is O=CN1CCN(c2nccc(NCCc3ccccc3)n2)CC1. The molecule has 0 bridgehead atoms. The third-order valence-corrected chi connectivity index (χ3v) is 3.95. The van der Waals surface area contributed by atoms with Crippen LogP contribution < -0.4 is 10.2 Å². The first kappa shape index (κ1) is 15.3. The summed E-state index contributed by atoms with van der Waals surface area (Å²) in [6, 6.07) is 12.3. The van der Waals surface area contributed by atoms with E-state index in [1.165, 1.54) is 5.56 Å². The highest BCUT2D eigenvalue weighted by Crippen LogP contribution is 2.13. The van der Waals surface area contributed by atoms with Gasteiger partial charge in [-0.2, -0.15) is 4.98 Å². The molecule has 1 aliphatic heterocycles. The van der Waals surface area contributed by atoms with Gasteiger partial charge in [-0.25, -0.2) is 4.98 Å². The maximum absolute atomic E-state index is 10.8. The third kappa shape index (κ3) is 4.18. The molecule has 6 nitrogen and oxygen atoms in total.